The third kappa shape index (κ3) is 5.09. The van der Waals surface area contributed by atoms with Crippen molar-refractivity contribution in [2.24, 2.45) is 5.73 Å². The maximum absolute atomic E-state index is 10.6. The number of carbonyl (C=O) groups is 2. The van der Waals surface area contributed by atoms with E-state index in [1.807, 2.05) is 13.8 Å². The maximum Gasteiger partial charge on any atom is 0.341 e. The molecular formula is C11H17N2O3+. The van der Waals surface area contributed by atoms with Gasteiger partial charge in [0.1, 0.15) is 5.56 Å². The number of carbonyl (C=O) groups excluding carboxylic acids is 1. The van der Waals surface area contributed by atoms with E-state index >= 15 is 0 Å². The van der Waals surface area contributed by atoms with Gasteiger partial charge < -0.3 is 10.8 Å². The van der Waals surface area contributed by atoms with Crippen LogP contribution in [0.15, 0.2) is 24.5 Å². The third-order valence-corrected chi connectivity index (χ3v) is 1.72. The number of primary amides is 1. The van der Waals surface area contributed by atoms with E-state index in [0.29, 0.717) is 6.54 Å². The molecule has 0 aromatic carbocycles. The number of carboxylic acids is 1. The molecule has 0 unspecified atom stereocenters. The van der Waals surface area contributed by atoms with Crippen LogP contribution < -0.4 is 10.3 Å². The number of rotatable bonds is 4. The third-order valence-electron chi connectivity index (χ3n) is 1.72. The number of nitrogens with two attached hydrogens (primary N) is 1. The molecule has 88 valence electrons. The van der Waals surface area contributed by atoms with Crippen LogP contribution in [-0.4, -0.2) is 17.0 Å². The van der Waals surface area contributed by atoms with E-state index in [9.17, 15) is 9.59 Å². The number of hydrogen-bond acceptors (Lipinski definition) is 2. The topological polar surface area (TPSA) is 84.3 Å². The number of hydrogen-bond donors (Lipinski definition) is 2. The number of amides is 1. The molecule has 0 aliphatic heterocycles. The molecular weight excluding hydrogens is 208 g/mol. The Morgan fingerprint density at radius 3 is 2.56 bits per heavy atom. The summed E-state index contributed by atoms with van der Waals surface area (Å²) in [4.78, 5) is 21.1. The fourth-order valence-corrected chi connectivity index (χ4v) is 1.03. The highest BCUT2D eigenvalue weighted by Crippen LogP contribution is 1.93. The Morgan fingerprint density at radius 1 is 1.44 bits per heavy atom. The maximum atomic E-state index is 10.6. The number of aromatic nitrogens is 1. The van der Waals surface area contributed by atoms with Crippen molar-refractivity contribution in [2.75, 3.05) is 0 Å². The smallest absolute Gasteiger partial charge is 0.341 e. The Bertz CT molecular complexity index is 364. The van der Waals surface area contributed by atoms with Crippen LogP contribution in [0.4, 0.5) is 0 Å². The molecule has 1 rings (SSSR count). The number of aryl methyl sites for hydroxylation is 1. The molecule has 0 fully saturated rings. The Hall–Kier alpha value is -1.91. The van der Waals surface area contributed by atoms with Crippen LogP contribution in [0, 0.1) is 0 Å². The summed E-state index contributed by atoms with van der Waals surface area (Å²) in [6.07, 6.45) is 3.36. The average molecular weight is 225 g/mol. The highest BCUT2D eigenvalue weighted by Gasteiger charge is 2.09. The minimum Gasteiger partial charge on any atom is -0.477 e. The molecule has 0 bridgehead atoms. The van der Waals surface area contributed by atoms with Gasteiger partial charge in [-0.3, -0.25) is 4.79 Å². The first-order valence-electron chi connectivity index (χ1n) is 5.10. The summed E-state index contributed by atoms with van der Waals surface area (Å²) in [7, 11) is 0. The van der Waals surface area contributed by atoms with Gasteiger partial charge in [0.05, 0.1) is 6.42 Å². The van der Waals surface area contributed by atoms with Gasteiger partial charge in [-0.2, -0.15) is 0 Å². The summed E-state index contributed by atoms with van der Waals surface area (Å²) in [6.45, 7) is 4.40. The molecule has 1 aromatic heterocycles. The van der Waals surface area contributed by atoms with Crippen LogP contribution in [0.5, 0.6) is 0 Å². The molecule has 5 nitrogen and oxygen atoms in total. The van der Waals surface area contributed by atoms with Gasteiger partial charge in [-0.25, -0.2) is 9.36 Å². The van der Waals surface area contributed by atoms with Crippen LogP contribution >= 0.6 is 0 Å². The minimum absolute atomic E-state index is 0.192. The second-order valence-electron chi connectivity index (χ2n) is 2.85. The van der Waals surface area contributed by atoms with Crippen molar-refractivity contribution in [1.29, 1.82) is 0 Å². The molecule has 3 N–H and O–H groups in total. The lowest BCUT2D eigenvalue weighted by atomic mass is 10.3. The standard InChI is InChI=1S/C9H10N2O3.C2H6/c10-8(12)3-5-11-4-1-2-7(6-11)9(13)14;1-2/h1-2,4,6H,3,5H2,(H2-,10,12,13,14);1-2H3/p+1. The van der Waals surface area contributed by atoms with Gasteiger partial charge in [0.25, 0.3) is 0 Å². The fraction of sp³-hybridized carbons (Fsp3) is 0.364. The normalized spacial score (nSPS) is 8.88. The van der Waals surface area contributed by atoms with Crippen molar-refractivity contribution in [3.63, 3.8) is 0 Å². The second-order valence-corrected chi connectivity index (χ2v) is 2.85. The van der Waals surface area contributed by atoms with Gasteiger partial charge in [0.2, 0.25) is 5.91 Å². The van der Waals surface area contributed by atoms with Gasteiger partial charge in [-0.05, 0) is 6.07 Å². The molecule has 1 aromatic rings. The molecule has 1 heterocycles. The molecule has 16 heavy (non-hydrogen) atoms. The summed E-state index contributed by atoms with van der Waals surface area (Å²) in [5.41, 5.74) is 5.16. The monoisotopic (exact) mass is 225 g/mol. The molecule has 0 saturated heterocycles. The number of carboxylic acid groups (broad SMARTS) is 1. The van der Waals surface area contributed by atoms with E-state index < -0.39 is 11.9 Å². The first-order chi connectivity index (χ1) is 7.59. The number of pyridine rings is 1. The predicted octanol–water partition coefficient (Wildman–Crippen LogP) is 0.574. The SMILES string of the molecule is CC.NC(=O)CC[n+]1cccc(C(=O)O)c1. The lowest BCUT2D eigenvalue weighted by Gasteiger charge is -1.95. The zero-order valence-corrected chi connectivity index (χ0v) is 9.51. The second kappa shape index (κ2) is 7.39. The van der Waals surface area contributed by atoms with Crippen molar-refractivity contribution in [3.05, 3.63) is 30.1 Å². The minimum atomic E-state index is -0.988. The first-order valence-corrected chi connectivity index (χ1v) is 5.10. The highest BCUT2D eigenvalue weighted by molar-refractivity contribution is 5.86. The summed E-state index contributed by atoms with van der Waals surface area (Å²) < 4.78 is 1.62. The van der Waals surface area contributed by atoms with Crippen molar-refractivity contribution in [1.82, 2.24) is 0 Å². The van der Waals surface area contributed by atoms with Crippen LogP contribution in [0.2, 0.25) is 0 Å². The van der Waals surface area contributed by atoms with E-state index in [-0.39, 0.29) is 12.0 Å². The highest BCUT2D eigenvalue weighted by atomic mass is 16.4. The zero-order chi connectivity index (χ0) is 12.6. The Labute approximate surface area is 94.5 Å². The molecule has 0 spiro atoms. The van der Waals surface area contributed by atoms with Crippen molar-refractivity contribution in [3.8, 4) is 0 Å². The van der Waals surface area contributed by atoms with Crippen LogP contribution in [0.3, 0.4) is 0 Å². The van der Waals surface area contributed by atoms with Crippen LogP contribution in [-0.2, 0) is 11.3 Å². The Kier molecular flexibility index (Phi) is 6.51. The van der Waals surface area contributed by atoms with E-state index in [2.05, 4.69) is 0 Å². The van der Waals surface area contributed by atoms with Crippen molar-refractivity contribution >= 4 is 11.9 Å². The van der Waals surface area contributed by atoms with E-state index in [1.54, 1.807) is 16.8 Å². The lowest BCUT2D eigenvalue weighted by molar-refractivity contribution is -0.695. The van der Waals surface area contributed by atoms with Crippen LogP contribution in [0.25, 0.3) is 0 Å². The molecule has 0 saturated carbocycles. The molecule has 0 aliphatic carbocycles. The van der Waals surface area contributed by atoms with Gasteiger partial charge in [-0.15, -0.1) is 0 Å². The average Bonchev–Trinajstić information content (AvgIpc) is 2.29. The Morgan fingerprint density at radius 2 is 2.06 bits per heavy atom. The quantitative estimate of drug-likeness (QED) is 0.735. The summed E-state index contributed by atoms with van der Waals surface area (Å²) in [5, 5.41) is 8.68. The van der Waals surface area contributed by atoms with Gasteiger partial charge in [0, 0.05) is 6.07 Å². The van der Waals surface area contributed by atoms with E-state index in [1.165, 1.54) is 12.3 Å². The number of nitrogens with zero attached hydrogens (tertiary/aromatic N) is 1. The summed E-state index contributed by atoms with van der Waals surface area (Å²) in [5.74, 6) is -1.39. The van der Waals surface area contributed by atoms with Crippen LogP contribution in [0.1, 0.15) is 30.6 Å². The predicted molar refractivity (Wildman–Crippen MR) is 58.8 cm³/mol. The van der Waals surface area contributed by atoms with Crippen molar-refractivity contribution < 1.29 is 19.3 Å². The van der Waals surface area contributed by atoms with Gasteiger partial charge in [-0.1, -0.05) is 13.8 Å². The zero-order valence-electron chi connectivity index (χ0n) is 9.51. The van der Waals surface area contributed by atoms with Crippen molar-refractivity contribution in [2.45, 2.75) is 26.8 Å². The molecule has 0 aliphatic rings. The largest absolute Gasteiger partial charge is 0.477 e. The summed E-state index contributed by atoms with van der Waals surface area (Å²) in [6, 6.07) is 3.10. The first kappa shape index (κ1) is 14.1. The molecule has 0 radical (unpaired) electrons. The van der Waals surface area contributed by atoms with Gasteiger partial charge in [0.15, 0.2) is 18.9 Å². The molecule has 5 heteroatoms. The van der Waals surface area contributed by atoms with E-state index in [4.69, 9.17) is 10.8 Å². The van der Waals surface area contributed by atoms with Gasteiger partial charge >= 0.3 is 5.97 Å². The fourth-order valence-electron chi connectivity index (χ4n) is 1.03. The lowest BCUT2D eigenvalue weighted by Crippen LogP contribution is -2.35. The summed E-state index contributed by atoms with van der Waals surface area (Å²) >= 11 is 0. The van der Waals surface area contributed by atoms with E-state index in [0.717, 1.165) is 0 Å². The molecule has 1 amide bonds. The Balaban J connectivity index is 0.00000106. The molecule has 0 atom stereocenters. The number of aromatic carboxylic acids is 1.